The van der Waals surface area contributed by atoms with Crippen LogP contribution in [0.25, 0.3) is 10.8 Å². The molecule has 1 N–H and O–H groups in total. The lowest BCUT2D eigenvalue weighted by Gasteiger charge is -1.99. The van der Waals surface area contributed by atoms with E-state index in [1.807, 2.05) is 6.07 Å². The molecule has 0 aliphatic rings. The van der Waals surface area contributed by atoms with Crippen LogP contribution < -0.4 is 0 Å². The molecule has 60 valence electrons. The van der Waals surface area contributed by atoms with Gasteiger partial charge in [-0.25, -0.2) is 0 Å². The Morgan fingerprint density at radius 1 is 1.25 bits per heavy atom. The van der Waals surface area contributed by atoms with Crippen LogP contribution in [0.5, 0.6) is 5.75 Å². The number of halogens is 1. The topological polar surface area (TPSA) is 33.1 Å². The Hall–Kier alpha value is -1.09. The van der Waals surface area contributed by atoms with Crippen LogP contribution in [0.2, 0.25) is 0 Å². The summed E-state index contributed by atoms with van der Waals surface area (Å²) < 4.78 is 0.899. The number of nitrogens with zero attached hydrogens (tertiary/aromatic N) is 1. The first-order chi connectivity index (χ1) is 5.77. The number of hydrogen-bond donors (Lipinski definition) is 1. The molecule has 0 aliphatic heterocycles. The van der Waals surface area contributed by atoms with Gasteiger partial charge in [0, 0.05) is 27.6 Å². The smallest absolute Gasteiger partial charge is 0.116 e. The summed E-state index contributed by atoms with van der Waals surface area (Å²) in [5.41, 5.74) is 0. The lowest BCUT2D eigenvalue weighted by Crippen LogP contribution is -1.76. The van der Waals surface area contributed by atoms with Gasteiger partial charge in [-0.15, -0.1) is 0 Å². The van der Waals surface area contributed by atoms with Crippen LogP contribution in [0.1, 0.15) is 0 Å². The summed E-state index contributed by atoms with van der Waals surface area (Å²) >= 11 is 3.36. The maximum absolute atomic E-state index is 9.21. The predicted molar refractivity (Wildman–Crippen MR) is 51.1 cm³/mol. The Balaban J connectivity index is 2.88. The number of benzene rings is 1. The van der Waals surface area contributed by atoms with Crippen molar-refractivity contribution in [3.05, 3.63) is 35.1 Å². The number of rotatable bonds is 0. The molecule has 0 spiro atoms. The van der Waals surface area contributed by atoms with Gasteiger partial charge < -0.3 is 5.11 Å². The zero-order chi connectivity index (χ0) is 8.55. The SMILES string of the molecule is Oc1ccc2cncc(Br)c2c1. The summed E-state index contributed by atoms with van der Waals surface area (Å²) in [6.45, 7) is 0. The minimum atomic E-state index is 0.273. The molecular formula is C9H6BrNO. The van der Waals surface area contributed by atoms with Crippen molar-refractivity contribution in [1.29, 1.82) is 0 Å². The van der Waals surface area contributed by atoms with Crippen molar-refractivity contribution >= 4 is 26.7 Å². The number of phenolic OH excluding ortho intramolecular Hbond substituents is 1. The molecule has 0 aliphatic carbocycles. The van der Waals surface area contributed by atoms with Crippen molar-refractivity contribution < 1.29 is 5.11 Å². The highest BCUT2D eigenvalue weighted by Crippen LogP contribution is 2.25. The van der Waals surface area contributed by atoms with E-state index in [-0.39, 0.29) is 5.75 Å². The molecule has 0 saturated carbocycles. The van der Waals surface area contributed by atoms with Crippen molar-refractivity contribution in [2.24, 2.45) is 0 Å². The van der Waals surface area contributed by atoms with Crippen LogP contribution in [0, 0.1) is 0 Å². The summed E-state index contributed by atoms with van der Waals surface area (Å²) in [5, 5.41) is 11.2. The van der Waals surface area contributed by atoms with E-state index >= 15 is 0 Å². The lowest BCUT2D eigenvalue weighted by molar-refractivity contribution is 0.476. The third-order valence-electron chi connectivity index (χ3n) is 1.70. The molecule has 1 aromatic heterocycles. The highest BCUT2D eigenvalue weighted by molar-refractivity contribution is 9.10. The van der Waals surface area contributed by atoms with Gasteiger partial charge in [-0.1, -0.05) is 0 Å². The van der Waals surface area contributed by atoms with E-state index in [2.05, 4.69) is 20.9 Å². The quantitative estimate of drug-likeness (QED) is 0.746. The molecule has 2 aromatic rings. The monoisotopic (exact) mass is 223 g/mol. The van der Waals surface area contributed by atoms with Gasteiger partial charge in [-0.2, -0.15) is 0 Å². The van der Waals surface area contributed by atoms with E-state index < -0.39 is 0 Å². The summed E-state index contributed by atoms with van der Waals surface area (Å²) in [6, 6.07) is 5.19. The zero-order valence-corrected chi connectivity index (χ0v) is 7.75. The van der Waals surface area contributed by atoms with Crippen molar-refractivity contribution in [3.8, 4) is 5.75 Å². The van der Waals surface area contributed by atoms with Crippen LogP contribution >= 0.6 is 15.9 Å². The van der Waals surface area contributed by atoms with Gasteiger partial charge in [0.25, 0.3) is 0 Å². The van der Waals surface area contributed by atoms with Gasteiger partial charge in [-0.3, -0.25) is 4.98 Å². The van der Waals surface area contributed by atoms with Crippen LogP contribution in [0.4, 0.5) is 0 Å². The fourth-order valence-corrected chi connectivity index (χ4v) is 1.58. The average Bonchev–Trinajstić information content (AvgIpc) is 2.07. The number of aromatic hydroxyl groups is 1. The molecule has 2 nitrogen and oxygen atoms in total. The van der Waals surface area contributed by atoms with Gasteiger partial charge in [0.2, 0.25) is 0 Å². The highest BCUT2D eigenvalue weighted by atomic mass is 79.9. The standard InChI is InChI=1S/C9H6BrNO/c10-9-5-11-4-6-1-2-7(12)3-8(6)9/h1-5,12H. The van der Waals surface area contributed by atoms with E-state index in [0.29, 0.717) is 0 Å². The minimum absolute atomic E-state index is 0.273. The van der Waals surface area contributed by atoms with E-state index in [1.165, 1.54) is 0 Å². The molecule has 0 atom stereocenters. The first kappa shape index (κ1) is 7.55. The summed E-state index contributed by atoms with van der Waals surface area (Å²) in [6.07, 6.45) is 3.47. The maximum Gasteiger partial charge on any atom is 0.116 e. The predicted octanol–water partition coefficient (Wildman–Crippen LogP) is 2.70. The Morgan fingerprint density at radius 3 is 2.92 bits per heavy atom. The van der Waals surface area contributed by atoms with Crippen molar-refractivity contribution in [3.63, 3.8) is 0 Å². The minimum Gasteiger partial charge on any atom is -0.508 e. The molecular weight excluding hydrogens is 218 g/mol. The number of pyridine rings is 1. The molecule has 0 fully saturated rings. The second kappa shape index (κ2) is 2.75. The van der Waals surface area contributed by atoms with E-state index in [9.17, 15) is 5.11 Å². The zero-order valence-electron chi connectivity index (χ0n) is 6.16. The Bertz CT molecular complexity index is 428. The molecule has 1 heterocycles. The largest absolute Gasteiger partial charge is 0.508 e. The molecule has 0 radical (unpaired) electrons. The van der Waals surface area contributed by atoms with Gasteiger partial charge >= 0.3 is 0 Å². The Labute approximate surface area is 78.0 Å². The van der Waals surface area contributed by atoms with Crippen molar-refractivity contribution in [2.45, 2.75) is 0 Å². The van der Waals surface area contributed by atoms with Crippen LogP contribution in [0.15, 0.2) is 35.1 Å². The fourth-order valence-electron chi connectivity index (χ4n) is 1.12. The number of hydrogen-bond acceptors (Lipinski definition) is 2. The molecule has 0 bridgehead atoms. The summed E-state index contributed by atoms with van der Waals surface area (Å²) in [4.78, 5) is 4.01. The first-order valence-electron chi connectivity index (χ1n) is 3.49. The summed E-state index contributed by atoms with van der Waals surface area (Å²) in [7, 11) is 0. The van der Waals surface area contributed by atoms with Crippen LogP contribution in [-0.4, -0.2) is 10.1 Å². The second-order valence-corrected chi connectivity index (χ2v) is 3.38. The van der Waals surface area contributed by atoms with Crippen LogP contribution in [-0.2, 0) is 0 Å². The molecule has 12 heavy (non-hydrogen) atoms. The fraction of sp³-hybridized carbons (Fsp3) is 0. The van der Waals surface area contributed by atoms with Gasteiger partial charge in [0.1, 0.15) is 5.75 Å². The van der Waals surface area contributed by atoms with Crippen molar-refractivity contribution in [1.82, 2.24) is 4.98 Å². The molecule has 0 saturated heterocycles. The summed E-state index contributed by atoms with van der Waals surface area (Å²) in [5.74, 6) is 0.273. The number of phenols is 1. The van der Waals surface area contributed by atoms with E-state index in [0.717, 1.165) is 15.2 Å². The van der Waals surface area contributed by atoms with Gasteiger partial charge in [0.15, 0.2) is 0 Å². The lowest BCUT2D eigenvalue weighted by atomic mass is 10.2. The van der Waals surface area contributed by atoms with E-state index in [4.69, 9.17) is 0 Å². The first-order valence-corrected chi connectivity index (χ1v) is 4.29. The third kappa shape index (κ3) is 1.16. The van der Waals surface area contributed by atoms with Gasteiger partial charge in [-0.05, 0) is 34.1 Å². The van der Waals surface area contributed by atoms with Gasteiger partial charge in [0.05, 0.1) is 0 Å². The number of aromatic nitrogens is 1. The molecule has 0 unspecified atom stereocenters. The van der Waals surface area contributed by atoms with E-state index in [1.54, 1.807) is 24.5 Å². The average molecular weight is 224 g/mol. The maximum atomic E-state index is 9.21. The molecule has 1 aromatic carbocycles. The second-order valence-electron chi connectivity index (χ2n) is 2.53. The Kier molecular flexibility index (Phi) is 1.73. The molecule has 2 rings (SSSR count). The van der Waals surface area contributed by atoms with Crippen molar-refractivity contribution in [2.75, 3.05) is 0 Å². The third-order valence-corrected chi connectivity index (χ3v) is 2.33. The van der Waals surface area contributed by atoms with Crippen LogP contribution in [0.3, 0.4) is 0 Å². The molecule has 0 amide bonds. The normalized spacial score (nSPS) is 10.4. The molecule has 3 heteroatoms. The highest BCUT2D eigenvalue weighted by Gasteiger charge is 1.98. The number of fused-ring (bicyclic) bond motifs is 1. The Morgan fingerprint density at radius 2 is 2.08 bits per heavy atom.